The second-order valence-corrected chi connectivity index (χ2v) is 6.03. The third kappa shape index (κ3) is 5.19. The van der Waals surface area contributed by atoms with Crippen LogP contribution >= 0.6 is 0 Å². The minimum Gasteiger partial charge on any atom is -0.507 e. The van der Waals surface area contributed by atoms with Gasteiger partial charge in [0.2, 0.25) is 0 Å². The van der Waals surface area contributed by atoms with Crippen molar-refractivity contribution in [2.24, 2.45) is 5.10 Å². The third-order valence-corrected chi connectivity index (χ3v) is 3.91. The maximum absolute atomic E-state index is 11.8. The highest BCUT2D eigenvalue weighted by molar-refractivity contribution is 5.85. The van der Waals surface area contributed by atoms with E-state index < -0.39 is 0 Å². The van der Waals surface area contributed by atoms with E-state index in [0.717, 1.165) is 16.7 Å². The molecule has 1 amide bonds. The summed E-state index contributed by atoms with van der Waals surface area (Å²) in [6.07, 6.45) is 1.39. The summed E-state index contributed by atoms with van der Waals surface area (Å²) in [5, 5.41) is 13.6. The number of nitrogens with one attached hydrogen (secondary N) is 1. The van der Waals surface area contributed by atoms with Crippen molar-refractivity contribution in [2.45, 2.75) is 6.92 Å². The lowest BCUT2D eigenvalue weighted by Crippen LogP contribution is -2.24. The molecule has 0 aliphatic rings. The highest BCUT2D eigenvalue weighted by atomic mass is 16.5. The number of benzene rings is 3. The van der Waals surface area contributed by atoms with Crippen molar-refractivity contribution >= 4 is 12.1 Å². The van der Waals surface area contributed by atoms with Crippen LogP contribution in [0.4, 0.5) is 0 Å². The van der Waals surface area contributed by atoms with Crippen LogP contribution < -0.4 is 10.2 Å². The fourth-order valence-corrected chi connectivity index (χ4v) is 2.49. The predicted molar refractivity (Wildman–Crippen MR) is 106 cm³/mol. The number of nitrogens with zero attached hydrogens (tertiary/aromatic N) is 1. The summed E-state index contributed by atoms with van der Waals surface area (Å²) in [6.45, 7) is 1.73. The normalized spacial score (nSPS) is 10.7. The summed E-state index contributed by atoms with van der Waals surface area (Å²) in [7, 11) is 0. The Morgan fingerprint density at radius 3 is 2.44 bits per heavy atom. The molecule has 0 fully saturated rings. The third-order valence-electron chi connectivity index (χ3n) is 3.91. The number of amides is 1. The highest BCUT2D eigenvalue weighted by Gasteiger charge is 2.03. The Balaban J connectivity index is 1.49. The SMILES string of the molecule is Cc1ccc(/C=N/NC(=O)COc2ccc(-c3ccccc3)cc2)c(O)c1. The highest BCUT2D eigenvalue weighted by Crippen LogP contribution is 2.22. The zero-order valence-corrected chi connectivity index (χ0v) is 14.9. The summed E-state index contributed by atoms with van der Waals surface area (Å²) in [5.41, 5.74) is 6.05. The van der Waals surface area contributed by atoms with Crippen LogP contribution in [-0.2, 0) is 4.79 Å². The quantitative estimate of drug-likeness (QED) is 0.517. The predicted octanol–water partition coefficient (Wildman–Crippen LogP) is 3.90. The summed E-state index contributed by atoms with van der Waals surface area (Å²) in [4.78, 5) is 11.8. The maximum atomic E-state index is 11.8. The van der Waals surface area contributed by atoms with E-state index in [1.165, 1.54) is 6.21 Å². The van der Waals surface area contributed by atoms with Gasteiger partial charge in [0, 0.05) is 5.56 Å². The number of hydrazone groups is 1. The van der Waals surface area contributed by atoms with E-state index in [4.69, 9.17) is 4.74 Å². The van der Waals surface area contributed by atoms with Gasteiger partial charge in [0.25, 0.3) is 5.91 Å². The largest absolute Gasteiger partial charge is 0.507 e. The van der Waals surface area contributed by atoms with Crippen LogP contribution in [0.15, 0.2) is 77.9 Å². The Bertz CT molecular complexity index is 936. The van der Waals surface area contributed by atoms with Gasteiger partial charge >= 0.3 is 0 Å². The van der Waals surface area contributed by atoms with E-state index in [-0.39, 0.29) is 18.3 Å². The van der Waals surface area contributed by atoms with Gasteiger partial charge in [-0.2, -0.15) is 5.10 Å². The molecule has 0 radical (unpaired) electrons. The summed E-state index contributed by atoms with van der Waals surface area (Å²) < 4.78 is 5.47. The zero-order valence-electron chi connectivity index (χ0n) is 14.9. The van der Waals surface area contributed by atoms with Crippen LogP contribution in [0.1, 0.15) is 11.1 Å². The van der Waals surface area contributed by atoms with E-state index in [2.05, 4.69) is 10.5 Å². The van der Waals surface area contributed by atoms with Crippen molar-refractivity contribution < 1.29 is 14.6 Å². The number of rotatable bonds is 6. The number of ether oxygens (including phenoxy) is 1. The van der Waals surface area contributed by atoms with Gasteiger partial charge < -0.3 is 9.84 Å². The molecule has 3 aromatic carbocycles. The Kier molecular flexibility index (Phi) is 5.84. The van der Waals surface area contributed by atoms with Crippen molar-refractivity contribution in [1.29, 1.82) is 0 Å². The smallest absolute Gasteiger partial charge is 0.277 e. The van der Waals surface area contributed by atoms with Crippen molar-refractivity contribution in [1.82, 2.24) is 5.43 Å². The molecule has 0 saturated heterocycles. The Hall–Kier alpha value is -3.60. The zero-order chi connectivity index (χ0) is 19.1. The number of phenolic OH excluding ortho intramolecular Hbond substituents is 1. The van der Waals surface area contributed by atoms with Gasteiger partial charge in [0.05, 0.1) is 6.21 Å². The standard InChI is InChI=1S/C22H20N2O3/c1-16-7-8-19(21(25)13-16)14-23-24-22(26)15-27-20-11-9-18(10-12-20)17-5-3-2-4-6-17/h2-14,25H,15H2,1H3,(H,24,26)/b23-14+. The number of aromatic hydroxyl groups is 1. The number of hydrogen-bond donors (Lipinski definition) is 2. The number of carbonyl (C=O) groups is 1. The Labute approximate surface area is 157 Å². The topological polar surface area (TPSA) is 70.9 Å². The molecule has 0 spiro atoms. The molecule has 2 N–H and O–H groups in total. The van der Waals surface area contributed by atoms with Crippen LogP contribution in [0, 0.1) is 6.92 Å². The first kappa shape index (κ1) is 18.2. The molecule has 0 heterocycles. The van der Waals surface area contributed by atoms with Crippen LogP contribution in [0.5, 0.6) is 11.5 Å². The monoisotopic (exact) mass is 360 g/mol. The van der Waals surface area contributed by atoms with E-state index in [1.54, 1.807) is 12.1 Å². The van der Waals surface area contributed by atoms with E-state index in [9.17, 15) is 9.90 Å². The van der Waals surface area contributed by atoms with E-state index >= 15 is 0 Å². The first-order valence-electron chi connectivity index (χ1n) is 8.51. The van der Waals surface area contributed by atoms with Crippen LogP contribution in [0.2, 0.25) is 0 Å². The fraction of sp³-hybridized carbons (Fsp3) is 0.0909. The van der Waals surface area contributed by atoms with Gasteiger partial charge in [-0.15, -0.1) is 0 Å². The minimum absolute atomic E-state index is 0.114. The second kappa shape index (κ2) is 8.67. The molecular formula is C22H20N2O3. The molecule has 0 aliphatic heterocycles. The molecule has 5 heteroatoms. The van der Waals surface area contributed by atoms with Crippen molar-refractivity contribution in [3.63, 3.8) is 0 Å². The molecule has 3 rings (SSSR count). The van der Waals surface area contributed by atoms with Gasteiger partial charge in [-0.25, -0.2) is 5.43 Å². The first-order chi connectivity index (χ1) is 13.1. The molecule has 3 aromatic rings. The lowest BCUT2D eigenvalue weighted by molar-refractivity contribution is -0.123. The number of phenols is 1. The maximum Gasteiger partial charge on any atom is 0.277 e. The van der Waals surface area contributed by atoms with Crippen LogP contribution in [0.3, 0.4) is 0 Å². The van der Waals surface area contributed by atoms with Gasteiger partial charge in [0.15, 0.2) is 6.61 Å². The molecule has 0 aromatic heterocycles. The molecule has 0 unspecified atom stereocenters. The lowest BCUT2D eigenvalue weighted by atomic mass is 10.1. The average molecular weight is 360 g/mol. The number of carbonyl (C=O) groups excluding carboxylic acids is 1. The number of aryl methyl sites for hydroxylation is 1. The van der Waals surface area contributed by atoms with Crippen LogP contribution in [-0.4, -0.2) is 23.8 Å². The van der Waals surface area contributed by atoms with Gasteiger partial charge in [0.1, 0.15) is 11.5 Å². The van der Waals surface area contributed by atoms with Crippen LogP contribution in [0.25, 0.3) is 11.1 Å². The molecule has 27 heavy (non-hydrogen) atoms. The van der Waals surface area contributed by atoms with E-state index in [1.807, 2.05) is 67.6 Å². The first-order valence-corrected chi connectivity index (χ1v) is 8.51. The number of hydrogen-bond acceptors (Lipinski definition) is 4. The van der Waals surface area contributed by atoms with Gasteiger partial charge in [-0.05, 0) is 47.9 Å². The molecule has 0 atom stereocenters. The lowest BCUT2D eigenvalue weighted by Gasteiger charge is -2.07. The molecular weight excluding hydrogens is 340 g/mol. The Morgan fingerprint density at radius 1 is 1.04 bits per heavy atom. The van der Waals surface area contributed by atoms with E-state index in [0.29, 0.717) is 11.3 Å². The molecule has 0 saturated carbocycles. The molecule has 0 aliphatic carbocycles. The molecule has 0 bridgehead atoms. The van der Waals surface area contributed by atoms with Crippen molar-refractivity contribution in [2.75, 3.05) is 6.61 Å². The molecule has 136 valence electrons. The van der Waals surface area contributed by atoms with Gasteiger partial charge in [-0.3, -0.25) is 4.79 Å². The summed E-state index contributed by atoms with van der Waals surface area (Å²) in [5.74, 6) is 0.331. The molecule has 5 nitrogen and oxygen atoms in total. The van der Waals surface area contributed by atoms with Gasteiger partial charge in [-0.1, -0.05) is 48.5 Å². The fourth-order valence-electron chi connectivity index (χ4n) is 2.49. The minimum atomic E-state index is -0.384. The summed E-state index contributed by atoms with van der Waals surface area (Å²) >= 11 is 0. The summed E-state index contributed by atoms with van der Waals surface area (Å²) in [6, 6.07) is 22.8. The average Bonchev–Trinajstić information content (AvgIpc) is 2.69. The van der Waals surface area contributed by atoms with Crippen molar-refractivity contribution in [3.8, 4) is 22.6 Å². The Morgan fingerprint density at radius 2 is 1.74 bits per heavy atom. The van der Waals surface area contributed by atoms with Crippen molar-refractivity contribution in [3.05, 3.63) is 83.9 Å². The second-order valence-electron chi connectivity index (χ2n) is 6.03.